The summed E-state index contributed by atoms with van der Waals surface area (Å²) in [5.41, 5.74) is 2.05. The highest BCUT2D eigenvalue weighted by Crippen LogP contribution is 2.33. The average molecular weight is 407 g/mol. The van der Waals surface area contributed by atoms with Gasteiger partial charge in [-0.2, -0.15) is 0 Å². The number of benzene rings is 1. The zero-order chi connectivity index (χ0) is 20.0. The van der Waals surface area contributed by atoms with E-state index in [1.54, 1.807) is 12.3 Å². The normalized spacial score (nSPS) is 12.5. The van der Waals surface area contributed by atoms with Gasteiger partial charge in [0.25, 0.3) is 0 Å². The third-order valence-electron chi connectivity index (χ3n) is 4.77. The molecule has 0 aliphatic carbocycles. The summed E-state index contributed by atoms with van der Waals surface area (Å²) in [6.45, 7) is 1.94. The molecule has 0 unspecified atom stereocenters. The van der Waals surface area contributed by atoms with Crippen molar-refractivity contribution in [1.29, 1.82) is 0 Å². The maximum Gasteiger partial charge on any atom is 0.165 e. The van der Waals surface area contributed by atoms with Gasteiger partial charge in [-0.25, -0.2) is 23.7 Å². The summed E-state index contributed by atoms with van der Waals surface area (Å²) in [4.78, 5) is 17.3. The third-order valence-corrected chi connectivity index (χ3v) is 5.57. The van der Waals surface area contributed by atoms with Crippen LogP contribution >= 0.6 is 11.3 Å². The van der Waals surface area contributed by atoms with Gasteiger partial charge >= 0.3 is 0 Å². The van der Waals surface area contributed by atoms with Crippen LogP contribution in [0.2, 0.25) is 0 Å². The minimum atomic E-state index is -0.423. The number of nitrogens with zero attached hydrogens (tertiary/aromatic N) is 3. The molecule has 5 aromatic rings. The minimum Gasteiger partial charge on any atom is -0.363 e. The van der Waals surface area contributed by atoms with Crippen molar-refractivity contribution in [1.82, 2.24) is 19.9 Å². The van der Waals surface area contributed by atoms with E-state index in [0.717, 1.165) is 15.8 Å². The fraction of sp³-hybridized carbons (Fsp3) is 0.0952. The summed E-state index contributed by atoms with van der Waals surface area (Å²) in [7, 11) is 0. The van der Waals surface area contributed by atoms with E-state index in [1.165, 1.54) is 35.7 Å². The number of hydrogen-bond acceptors (Lipinski definition) is 5. The van der Waals surface area contributed by atoms with E-state index in [-0.39, 0.29) is 11.9 Å². The quantitative estimate of drug-likeness (QED) is 0.402. The second kappa shape index (κ2) is 6.89. The van der Waals surface area contributed by atoms with Gasteiger partial charge in [-0.3, -0.25) is 0 Å². The highest BCUT2D eigenvalue weighted by molar-refractivity contribution is 7.16. The predicted octanol–water partition coefficient (Wildman–Crippen LogP) is 5.69. The molecule has 4 aromatic heterocycles. The second-order valence-corrected chi connectivity index (χ2v) is 7.60. The van der Waals surface area contributed by atoms with Crippen LogP contribution in [0.25, 0.3) is 32.6 Å². The number of aromatic amines is 1. The van der Waals surface area contributed by atoms with Gasteiger partial charge in [0.1, 0.15) is 27.9 Å². The molecule has 0 spiro atoms. The summed E-state index contributed by atoms with van der Waals surface area (Å²) in [5, 5.41) is 6.80. The number of rotatable bonds is 4. The maximum absolute atomic E-state index is 13.7. The van der Waals surface area contributed by atoms with Gasteiger partial charge in [-0.15, -0.1) is 11.3 Å². The monoisotopic (exact) mass is 407 g/mol. The number of aromatic nitrogens is 4. The highest BCUT2D eigenvalue weighted by atomic mass is 32.1. The molecule has 0 amide bonds. The van der Waals surface area contributed by atoms with Crippen LogP contribution < -0.4 is 5.32 Å². The third kappa shape index (κ3) is 3.21. The van der Waals surface area contributed by atoms with E-state index >= 15 is 0 Å². The van der Waals surface area contributed by atoms with Gasteiger partial charge in [0, 0.05) is 17.1 Å². The fourth-order valence-corrected chi connectivity index (χ4v) is 4.08. The Bertz CT molecular complexity index is 1340. The summed E-state index contributed by atoms with van der Waals surface area (Å²) < 4.78 is 27.3. The molecule has 0 fully saturated rings. The number of halogens is 2. The zero-order valence-electron chi connectivity index (χ0n) is 15.3. The first-order valence-electron chi connectivity index (χ1n) is 8.99. The Morgan fingerprint density at radius 1 is 1.07 bits per heavy atom. The number of hydrogen-bond donors (Lipinski definition) is 2. The van der Waals surface area contributed by atoms with E-state index in [9.17, 15) is 8.78 Å². The Morgan fingerprint density at radius 2 is 1.97 bits per heavy atom. The molecule has 1 atom stereocenters. The van der Waals surface area contributed by atoms with Gasteiger partial charge in [-0.1, -0.05) is 12.1 Å². The van der Waals surface area contributed by atoms with Crippen LogP contribution in [0.5, 0.6) is 0 Å². The molecule has 29 heavy (non-hydrogen) atoms. The molecule has 1 aromatic carbocycles. The molecule has 0 radical (unpaired) electrons. The lowest BCUT2D eigenvalue weighted by Crippen LogP contribution is -2.09. The second-order valence-electron chi connectivity index (χ2n) is 6.71. The average Bonchev–Trinajstić information content (AvgIpc) is 3.34. The zero-order valence-corrected chi connectivity index (χ0v) is 16.1. The molecular weight excluding hydrogens is 392 g/mol. The molecule has 5 nitrogen and oxygen atoms in total. The summed E-state index contributed by atoms with van der Waals surface area (Å²) in [5.74, 6) is 0.399. The Morgan fingerprint density at radius 3 is 2.83 bits per heavy atom. The topological polar surface area (TPSA) is 66.5 Å². The molecule has 0 aliphatic heterocycles. The minimum absolute atomic E-state index is 0.168. The number of anilines is 1. The first-order valence-corrected chi connectivity index (χ1v) is 9.87. The van der Waals surface area contributed by atoms with Crippen LogP contribution in [-0.4, -0.2) is 19.9 Å². The lowest BCUT2D eigenvalue weighted by molar-refractivity contribution is 0.623. The van der Waals surface area contributed by atoms with Gasteiger partial charge in [0.15, 0.2) is 5.82 Å². The molecule has 5 rings (SSSR count). The Hall–Kier alpha value is -3.39. The van der Waals surface area contributed by atoms with Gasteiger partial charge < -0.3 is 10.3 Å². The van der Waals surface area contributed by atoms with Crippen molar-refractivity contribution < 1.29 is 8.78 Å². The summed E-state index contributed by atoms with van der Waals surface area (Å²) in [6.07, 6.45) is 2.89. The first kappa shape index (κ1) is 17.7. The molecule has 8 heteroatoms. The summed E-state index contributed by atoms with van der Waals surface area (Å²) >= 11 is 1.50. The van der Waals surface area contributed by atoms with Crippen LogP contribution in [0, 0.1) is 11.6 Å². The van der Waals surface area contributed by atoms with Gasteiger partial charge in [0.2, 0.25) is 0 Å². The predicted molar refractivity (Wildman–Crippen MR) is 111 cm³/mol. The molecule has 4 heterocycles. The Kier molecular flexibility index (Phi) is 4.21. The van der Waals surface area contributed by atoms with Crippen molar-refractivity contribution in [2.45, 2.75) is 13.0 Å². The highest BCUT2D eigenvalue weighted by Gasteiger charge is 2.16. The Labute approximate surface area is 168 Å². The van der Waals surface area contributed by atoms with E-state index in [1.807, 2.05) is 24.4 Å². The number of fused-ring (bicyclic) bond motifs is 2. The Balaban J connectivity index is 1.61. The van der Waals surface area contributed by atoms with Crippen LogP contribution in [0.15, 0.2) is 54.2 Å². The van der Waals surface area contributed by atoms with Crippen molar-refractivity contribution in [3.63, 3.8) is 0 Å². The van der Waals surface area contributed by atoms with Crippen LogP contribution in [-0.2, 0) is 0 Å². The molecule has 0 saturated carbocycles. The SMILES string of the molecule is C[C@@H](Nc1nc(-c2c[nH]c3ncc(F)cc23)nc2sccc12)c1cccc(F)c1. The van der Waals surface area contributed by atoms with Crippen LogP contribution in [0.1, 0.15) is 18.5 Å². The standard InChI is InChI=1S/C21H15F2N5S/c1-11(12-3-2-4-13(22)7-12)26-19-15-5-6-29-21(15)28-20(27-19)17-10-25-18-16(17)8-14(23)9-24-18/h2-11H,1H3,(H,24,25)(H,26,27,28)/t11-/m1/s1. The van der Waals surface area contributed by atoms with Crippen molar-refractivity contribution in [2.24, 2.45) is 0 Å². The number of pyridine rings is 1. The number of H-pyrrole nitrogens is 1. The molecular formula is C21H15F2N5S. The fourth-order valence-electron chi connectivity index (χ4n) is 3.31. The van der Waals surface area contributed by atoms with E-state index in [2.05, 4.69) is 20.3 Å². The molecule has 0 bridgehead atoms. The first-order chi connectivity index (χ1) is 14.1. The lowest BCUT2D eigenvalue weighted by Gasteiger charge is -2.16. The van der Waals surface area contributed by atoms with E-state index in [0.29, 0.717) is 28.2 Å². The van der Waals surface area contributed by atoms with E-state index < -0.39 is 5.82 Å². The van der Waals surface area contributed by atoms with Gasteiger partial charge in [0.05, 0.1) is 17.6 Å². The molecule has 144 valence electrons. The van der Waals surface area contributed by atoms with Crippen molar-refractivity contribution in [3.05, 3.63) is 71.4 Å². The molecule has 2 N–H and O–H groups in total. The lowest BCUT2D eigenvalue weighted by atomic mass is 10.1. The molecule has 0 aliphatic rings. The number of nitrogens with one attached hydrogen (secondary N) is 2. The largest absolute Gasteiger partial charge is 0.363 e. The maximum atomic E-state index is 13.7. The van der Waals surface area contributed by atoms with Crippen molar-refractivity contribution in [2.75, 3.05) is 5.32 Å². The number of thiophene rings is 1. The van der Waals surface area contributed by atoms with Crippen LogP contribution in [0.4, 0.5) is 14.6 Å². The smallest absolute Gasteiger partial charge is 0.165 e. The summed E-state index contributed by atoms with van der Waals surface area (Å²) in [6, 6.07) is 9.65. The van der Waals surface area contributed by atoms with Crippen molar-refractivity contribution >= 4 is 38.4 Å². The van der Waals surface area contributed by atoms with Crippen molar-refractivity contribution in [3.8, 4) is 11.4 Å². The molecule has 0 saturated heterocycles. The van der Waals surface area contributed by atoms with E-state index in [4.69, 9.17) is 4.98 Å². The van der Waals surface area contributed by atoms with Crippen LogP contribution in [0.3, 0.4) is 0 Å². The van der Waals surface area contributed by atoms with Gasteiger partial charge in [-0.05, 0) is 42.1 Å².